The Bertz CT molecular complexity index is 1180. The predicted octanol–water partition coefficient (Wildman–Crippen LogP) is 5.97. The fourth-order valence-electron chi connectivity index (χ4n) is 11.2. The Hall–Kier alpha value is -2.24. The van der Waals surface area contributed by atoms with Crippen LogP contribution in [-0.4, -0.2) is 68.4 Å². The molecule has 52 heavy (non-hydrogen) atoms. The second-order valence-corrected chi connectivity index (χ2v) is 17.0. The maximum Gasteiger partial charge on any atom is 0.307 e. The van der Waals surface area contributed by atoms with Crippen LogP contribution in [0.4, 0.5) is 0 Å². The summed E-state index contributed by atoms with van der Waals surface area (Å²) in [4.78, 5) is 51.6. The second-order valence-electron chi connectivity index (χ2n) is 17.0. The quantitative estimate of drug-likeness (QED) is 0.0762. The van der Waals surface area contributed by atoms with Gasteiger partial charge >= 0.3 is 23.9 Å². The molecule has 0 saturated heterocycles. The van der Waals surface area contributed by atoms with Gasteiger partial charge in [-0.05, 0) is 92.8 Å². The summed E-state index contributed by atoms with van der Waals surface area (Å²) in [6.45, 7) is 10.3. The van der Waals surface area contributed by atoms with Crippen molar-refractivity contribution in [2.75, 3.05) is 26.2 Å². The predicted molar refractivity (Wildman–Crippen MR) is 199 cm³/mol. The van der Waals surface area contributed by atoms with Gasteiger partial charge in [0.15, 0.2) is 0 Å². The van der Waals surface area contributed by atoms with E-state index < -0.39 is 0 Å². The van der Waals surface area contributed by atoms with E-state index in [1.165, 1.54) is 25.7 Å². The third-order valence-corrected chi connectivity index (χ3v) is 13.9. The minimum absolute atomic E-state index is 0.0910. The topological polar surface area (TPSA) is 183 Å². The summed E-state index contributed by atoms with van der Waals surface area (Å²) in [5.74, 6) is -0.00360. The summed E-state index contributed by atoms with van der Waals surface area (Å²) in [6.07, 6.45) is 13.2. The summed E-state index contributed by atoms with van der Waals surface area (Å²) in [5, 5.41) is 0. The van der Waals surface area contributed by atoms with E-state index in [1.54, 1.807) is 0 Å². The lowest BCUT2D eigenvalue weighted by atomic mass is 9.43. The minimum Gasteiger partial charge on any atom is -0.466 e. The molecule has 0 aromatic carbocycles. The summed E-state index contributed by atoms with van der Waals surface area (Å²) < 4.78 is 24.3. The van der Waals surface area contributed by atoms with Gasteiger partial charge in [0.2, 0.25) is 0 Å². The number of carbonyl (C=O) groups excluding carboxylic acids is 4. The van der Waals surface area contributed by atoms with Crippen molar-refractivity contribution in [3.63, 3.8) is 0 Å². The first-order valence-corrected chi connectivity index (χ1v) is 20.8. The van der Waals surface area contributed by atoms with Crippen molar-refractivity contribution in [2.45, 2.75) is 162 Å². The third kappa shape index (κ3) is 10.1. The van der Waals surface area contributed by atoms with E-state index in [2.05, 4.69) is 27.7 Å². The maximum absolute atomic E-state index is 13.2. The van der Waals surface area contributed by atoms with Crippen LogP contribution in [0.5, 0.6) is 0 Å². The molecular weight excluding hydrogens is 662 g/mol. The standard InChI is InChI=1S/C41H71N3O8/c1-5-6-7-8-9-10-23-49-35(45)14-11-27(2)30-12-13-31-39-32(26-34(41(30,31)4)52-38(48)18-22-44)40(3)19-15-29(50-36(46)16-20-42)24-28(40)25-33(39)51-37(47)17-21-43/h27-34,39H,5-26,42-44H2,1-4H3/t27-,28+,29-,30-,31+,32+,33-,34+,39?,40+,41-/m1/s1. The molecule has 11 atom stereocenters. The van der Waals surface area contributed by atoms with Gasteiger partial charge in [-0.1, -0.05) is 59.8 Å². The number of esters is 4. The lowest BCUT2D eigenvalue weighted by molar-refractivity contribution is -0.225. The highest BCUT2D eigenvalue weighted by Gasteiger charge is 2.67. The molecule has 0 aromatic rings. The van der Waals surface area contributed by atoms with Crippen molar-refractivity contribution < 1.29 is 38.1 Å². The molecule has 298 valence electrons. The Morgan fingerprint density at radius 3 is 2.02 bits per heavy atom. The normalized spacial score (nSPS) is 34.3. The van der Waals surface area contributed by atoms with Crippen LogP contribution < -0.4 is 17.2 Å². The molecular formula is C41H71N3O8. The molecule has 11 heteroatoms. The summed E-state index contributed by atoms with van der Waals surface area (Å²) >= 11 is 0. The SMILES string of the molecule is CCCCCCCCOC(=O)CC[C@@H](C)[C@H]1CC[C@H]2C3[C@H](OC(=O)CCN)C[C@@H]4C[C@H](OC(=O)CCN)CC[C@]4(C)[C@H]3C[C@H](OC(=O)CCN)[C@]12C. The molecule has 4 rings (SSSR count). The number of unbranched alkanes of at least 4 members (excludes halogenated alkanes) is 5. The van der Waals surface area contributed by atoms with Crippen molar-refractivity contribution in [1.29, 1.82) is 0 Å². The molecule has 4 fully saturated rings. The number of hydrogen-bond acceptors (Lipinski definition) is 11. The average molecular weight is 734 g/mol. The van der Waals surface area contributed by atoms with E-state index in [1.807, 2.05) is 0 Å². The number of nitrogens with two attached hydrogens (primary N) is 3. The molecule has 0 amide bonds. The third-order valence-electron chi connectivity index (χ3n) is 13.9. The molecule has 0 bridgehead atoms. The van der Waals surface area contributed by atoms with Crippen molar-refractivity contribution in [2.24, 2.45) is 63.5 Å². The van der Waals surface area contributed by atoms with E-state index in [0.29, 0.717) is 38.7 Å². The van der Waals surface area contributed by atoms with Gasteiger partial charge in [0.05, 0.1) is 25.9 Å². The zero-order chi connectivity index (χ0) is 37.9. The molecule has 11 nitrogen and oxygen atoms in total. The zero-order valence-electron chi connectivity index (χ0n) is 32.8. The van der Waals surface area contributed by atoms with E-state index in [0.717, 1.165) is 38.5 Å². The zero-order valence-corrected chi connectivity index (χ0v) is 32.8. The van der Waals surface area contributed by atoms with Gasteiger partial charge in [-0.2, -0.15) is 0 Å². The highest BCUT2D eigenvalue weighted by molar-refractivity contribution is 5.71. The van der Waals surface area contributed by atoms with Crippen LogP contribution in [0.3, 0.4) is 0 Å². The second kappa shape index (κ2) is 19.9. The average Bonchev–Trinajstić information content (AvgIpc) is 3.46. The maximum atomic E-state index is 13.2. The molecule has 1 unspecified atom stereocenters. The molecule has 4 saturated carbocycles. The van der Waals surface area contributed by atoms with Crippen molar-refractivity contribution in [1.82, 2.24) is 0 Å². The lowest BCUT2D eigenvalue weighted by Gasteiger charge is -2.64. The summed E-state index contributed by atoms with van der Waals surface area (Å²) in [5.41, 5.74) is 16.7. The van der Waals surface area contributed by atoms with Gasteiger partial charge in [0.1, 0.15) is 18.3 Å². The van der Waals surface area contributed by atoms with Crippen molar-refractivity contribution >= 4 is 23.9 Å². The first-order valence-electron chi connectivity index (χ1n) is 20.8. The van der Waals surface area contributed by atoms with Crippen molar-refractivity contribution in [3.05, 3.63) is 0 Å². The Balaban J connectivity index is 1.56. The summed E-state index contributed by atoms with van der Waals surface area (Å²) in [6, 6.07) is 0. The van der Waals surface area contributed by atoms with Gasteiger partial charge in [0, 0.05) is 37.4 Å². The molecule has 0 aromatic heterocycles. The molecule has 4 aliphatic rings. The Morgan fingerprint density at radius 2 is 1.35 bits per heavy atom. The molecule has 0 radical (unpaired) electrons. The number of hydrogen-bond donors (Lipinski definition) is 3. The van der Waals surface area contributed by atoms with Gasteiger partial charge in [-0.3, -0.25) is 19.2 Å². The van der Waals surface area contributed by atoms with E-state index in [9.17, 15) is 19.2 Å². The van der Waals surface area contributed by atoms with Crippen LogP contribution in [0.1, 0.15) is 143 Å². The Morgan fingerprint density at radius 1 is 0.712 bits per heavy atom. The van der Waals surface area contributed by atoms with Crippen LogP contribution in [0.2, 0.25) is 0 Å². The van der Waals surface area contributed by atoms with Gasteiger partial charge in [-0.15, -0.1) is 0 Å². The van der Waals surface area contributed by atoms with Gasteiger partial charge in [-0.25, -0.2) is 0 Å². The smallest absolute Gasteiger partial charge is 0.307 e. The Kier molecular flexibility index (Phi) is 16.3. The first kappa shape index (κ1) is 42.5. The largest absolute Gasteiger partial charge is 0.466 e. The van der Waals surface area contributed by atoms with E-state index in [-0.39, 0.29) is 127 Å². The van der Waals surface area contributed by atoms with Gasteiger partial charge in [0.25, 0.3) is 0 Å². The molecule has 4 aliphatic carbocycles. The number of ether oxygens (including phenoxy) is 4. The fourth-order valence-corrected chi connectivity index (χ4v) is 11.2. The molecule has 0 aliphatic heterocycles. The van der Waals surface area contributed by atoms with Crippen LogP contribution in [0, 0.1) is 46.3 Å². The van der Waals surface area contributed by atoms with Crippen molar-refractivity contribution in [3.8, 4) is 0 Å². The molecule has 6 N–H and O–H groups in total. The highest BCUT2D eigenvalue weighted by Crippen LogP contribution is 2.69. The number of rotatable bonds is 20. The summed E-state index contributed by atoms with van der Waals surface area (Å²) in [7, 11) is 0. The van der Waals surface area contributed by atoms with Crippen LogP contribution in [0.15, 0.2) is 0 Å². The van der Waals surface area contributed by atoms with Crippen LogP contribution >= 0.6 is 0 Å². The minimum atomic E-state index is -0.371. The van der Waals surface area contributed by atoms with Crippen LogP contribution in [-0.2, 0) is 38.1 Å². The number of fused-ring (bicyclic) bond motifs is 5. The highest BCUT2D eigenvalue weighted by atomic mass is 16.6. The molecule has 0 heterocycles. The number of carbonyl (C=O) groups is 4. The van der Waals surface area contributed by atoms with Crippen LogP contribution in [0.25, 0.3) is 0 Å². The monoisotopic (exact) mass is 734 g/mol. The lowest BCUT2D eigenvalue weighted by Crippen LogP contribution is -2.63. The Labute approximate surface area is 312 Å². The van der Waals surface area contributed by atoms with E-state index in [4.69, 9.17) is 36.1 Å². The fraction of sp³-hybridized carbons (Fsp3) is 0.902. The first-order chi connectivity index (χ1) is 24.9. The molecule has 0 spiro atoms. The van der Waals surface area contributed by atoms with Gasteiger partial charge < -0.3 is 36.1 Å². The van der Waals surface area contributed by atoms with E-state index >= 15 is 0 Å².